The Labute approximate surface area is 125 Å². The predicted molar refractivity (Wildman–Crippen MR) is 81.7 cm³/mol. The highest BCUT2D eigenvalue weighted by molar-refractivity contribution is 5.48. The summed E-state index contributed by atoms with van der Waals surface area (Å²) < 4.78 is 10.8. The Kier molecular flexibility index (Phi) is 7.11. The Hall–Kier alpha value is -1.66. The molecule has 1 rings (SSSR count). The molecule has 0 aliphatic rings. The maximum Gasteiger partial charge on any atom is 0.311 e. The molecule has 0 amide bonds. The molecule has 1 aromatic carbocycles. The van der Waals surface area contributed by atoms with Gasteiger partial charge < -0.3 is 14.8 Å². The molecule has 0 atom stereocenters. The van der Waals surface area contributed by atoms with Crippen LogP contribution < -0.4 is 10.1 Å². The van der Waals surface area contributed by atoms with Crippen LogP contribution in [0.4, 0.5) is 5.69 Å². The van der Waals surface area contributed by atoms with Crippen molar-refractivity contribution < 1.29 is 14.4 Å². The van der Waals surface area contributed by atoms with Crippen molar-refractivity contribution in [1.29, 1.82) is 0 Å². The van der Waals surface area contributed by atoms with Gasteiger partial charge in [-0.3, -0.25) is 10.1 Å². The Morgan fingerprint density at radius 3 is 2.52 bits per heavy atom. The lowest BCUT2D eigenvalue weighted by atomic mass is 10.2. The number of ether oxygens (including phenoxy) is 2. The van der Waals surface area contributed by atoms with E-state index in [1.807, 2.05) is 33.8 Å². The molecule has 0 unspecified atom stereocenters. The summed E-state index contributed by atoms with van der Waals surface area (Å²) in [7, 11) is 0. The predicted octanol–water partition coefficient (Wildman–Crippen LogP) is 2.90. The first-order chi connectivity index (χ1) is 9.90. The molecular weight excluding hydrogens is 272 g/mol. The zero-order chi connectivity index (χ0) is 15.8. The van der Waals surface area contributed by atoms with Gasteiger partial charge in [0.1, 0.15) is 6.61 Å². The van der Waals surface area contributed by atoms with Crippen molar-refractivity contribution >= 4 is 5.69 Å². The van der Waals surface area contributed by atoms with Crippen LogP contribution in [0.1, 0.15) is 33.3 Å². The van der Waals surface area contributed by atoms with E-state index in [2.05, 4.69) is 5.32 Å². The SMILES string of the molecule is CC(C)NCc1ccc(OCCOC(C)C)c([N+](=O)[O-])c1. The molecule has 21 heavy (non-hydrogen) atoms. The van der Waals surface area contributed by atoms with Crippen LogP contribution in [0.5, 0.6) is 5.75 Å². The fourth-order valence-electron chi connectivity index (χ4n) is 1.70. The number of hydrogen-bond donors (Lipinski definition) is 1. The smallest absolute Gasteiger partial charge is 0.311 e. The summed E-state index contributed by atoms with van der Waals surface area (Å²) in [5.74, 6) is 0.278. The van der Waals surface area contributed by atoms with Crippen molar-refractivity contribution in [3.8, 4) is 5.75 Å². The number of hydrogen-bond acceptors (Lipinski definition) is 5. The molecule has 0 spiro atoms. The van der Waals surface area contributed by atoms with E-state index in [0.717, 1.165) is 5.56 Å². The fourth-order valence-corrected chi connectivity index (χ4v) is 1.70. The van der Waals surface area contributed by atoms with Crippen LogP contribution in [0, 0.1) is 10.1 Å². The maximum atomic E-state index is 11.1. The van der Waals surface area contributed by atoms with Crippen molar-refractivity contribution in [2.24, 2.45) is 0 Å². The van der Waals surface area contributed by atoms with E-state index in [9.17, 15) is 10.1 Å². The molecule has 0 aromatic heterocycles. The third kappa shape index (κ3) is 6.55. The Bertz CT molecular complexity index is 461. The summed E-state index contributed by atoms with van der Waals surface area (Å²) in [6.45, 7) is 9.21. The van der Waals surface area contributed by atoms with Crippen molar-refractivity contribution in [3.63, 3.8) is 0 Å². The quantitative estimate of drug-likeness (QED) is 0.431. The highest BCUT2D eigenvalue weighted by Gasteiger charge is 2.16. The molecule has 1 aromatic rings. The van der Waals surface area contributed by atoms with Gasteiger partial charge in [0.25, 0.3) is 0 Å². The van der Waals surface area contributed by atoms with E-state index < -0.39 is 4.92 Å². The molecule has 0 saturated carbocycles. The van der Waals surface area contributed by atoms with Gasteiger partial charge in [0, 0.05) is 18.7 Å². The van der Waals surface area contributed by atoms with Gasteiger partial charge in [0.05, 0.1) is 17.6 Å². The molecule has 118 valence electrons. The van der Waals surface area contributed by atoms with Crippen LogP contribution in [0.25, 0.3) is 0 Å². The topological polar surface area (TPSA) is 73.6 Å². The van der Waals surface area contributed by atoms with E-state index in [4.69, 9.17) is 9.47 Å². The summed E-state index contributed by atoms with van der Waals surface area (Å²) >= 11 is 0. The molecule has 0 bridgehead atoms. The Morgan fingerprint density at radius 1 is 1.24 bits per heavy atom. The molecule has 0 radical (unpaired) electrons. The summed E-state index contributed by atoms with van der Waals surface area (Å²) in [5, 5.41) is 14.4. The maximum absolute atomic E-state index is 11.1. The second-order valence-electron chi connectivity index (χ2n) is 5.36. The van der Waals surface area contributed by atoms with E-state index in [1.165, 1.54) is 0 Å². The molecule has 6 nitrogen and oxygen atoms in total. The minimum absolute atomic E-state index is 0.0115. The third-order valence-corrected chi connectivity index (χ3v) is 2.73. The minimum Gasteiger partial charge on any atom is -0.484 e. The van der Waals surface area contributed by atoms with Gasteiger partial charge in [-0.1, -0.05) is 19.9 Å². The van der Waals surface area contributed by atoms with Gasteiger partial charge in [-0.2, -0.15) is 0 Å². The first-order valence-electron chi connectivity index (χ1n) is 7.15. The normalized spacial score (nSPS) is 11.1. The summed E-state index contributed by atoms with van der Waals surface area (Å²) in [6, 6.07) is 5.35. The van der Waals surface area contributed by atoms with Gasteiger partial charge in [-0.25, -0.2) is 0 Å². The van der Waals surface area contributed by atoms with Gasteiger partial charge in [0.15, 0.2) is 5.75 Å². The third-order valence-electron chi connectivity index (χ3n) is 2.73. The van der Waals surface area contributed by atoms with Crippen molar-refractivity contribution in [2.45, 2.75) is 46.4 Å². The zero-order valence-corrected chi connectivity index (χ0v) is 13.1. The van der Waals surface area contributed by atoms with Crippen LogP contribution >= 0.6 is 0 Å². The minimum atomic E-state index is -0.419. The summed E-state index contributed by atoms with van der Waals surface area (Å²) in [5.41, 5.74) is 0.851. The lowest BCUT2D eigenvalue weighted by Gasteiger charge is -2.11. The van der Waals surface area contributed by atoms with Gasteiger partial charge in [0.2, 0.25) is 0 Å². The van der Waals surface area contributed by atoms with Gasteiger partial charge in [-0.15, -0.1) is 0 Å². The second-order valence-corrected chi connectivity index (χ2v) is 5.36. The van der Waals surface area contributed by atoms with Gasteiger partial charge in [-0.05, 0) is 25.5 Å². The van der Waals surface area contributed by atoms with Crippen LogP contribution in [-0.4, -0.2) is 30.3 Å². The number of nitro groups is 1. The van der Waals surface area contributed by atoms with Gasteiger partial charge >= 0.3 is 5.69 Å². The fraction of sp³-hybridized carbons (Fsp3) is 0.600. The molecule has 0 saturated heterocycles. The van der Waals surface area contributed by atoms with E-state index in [-0.39, 0.29) is 17.5 Å². The lowest BCUT2D eigenvalue weighted by molar-refractivity contribution is -0.386. The standard InChI is InChI=1S/C15H24N2O4/c1-11(2)16-10-13-5-6-15(14(9-13)17(18)19)21-8-7-20-12(3)4/h5-6,9,11-12,16H,7-8,10H2,1-4H3. The van der Waals surface area contributed by atoms with Crippen molar-refractivity contribution in [1.82, 2.24) is 5.32 Å². The van der Waals surface area contributed by atoms with Crippen LogP contribution in [0.3, 0.4) is 0 Å². The zero-order valence-electron chi connectivity index (χ0n) is 13.1. The largest absolute Gasteiger partial charge is 0.484 e. The van der Waals surface area contributed by atoms with E-state index in [1.54, 1.807) is 12.1 Å². The number of rotatable bonds is 9. The number of nitrogens with one attached hydrogen (secondary N) is 1. The van der Waals surface area contributed by atoms with E-state index >= 15 is 0 Å². The van der Waals surface area contributed by atoms with Crippen LogP contribution in [-0.2, 0) is 11.3 Å². The molecule has 0 aliphatic heterocycles. The number of benzene rings is 1. The monoisotopic (exact) mass is 296 g/mol. The number of nitrogens with zero attached hydrogens (tertiary/aromatic N) is 1. The highest BCUT2D eigenvalue weighted by Crippen LogP contribution is 2.28. The summed E-state index contributed by atoms with van der Waals surface area (Å²) in [4.78, 5) is 10.7. The van der Waals surface area contributed by atoms with Crippen LogP contribution in [0.2, 0.25) is 0 Å². The average molecular weight is 296 g/mol. The molecule has 0 heterocycles. The van der Waals surface area contributed by atoms with Crippen LogP contribution in [0.15, 0.2) is 18.2 Å². The first kappa shape index (κ1) is 17.4. The second kappa shape index (κ2) is 8.59. The summed E-state index contributed by atoms with van der Waals surface area (Å²) in [6.07, 6.45) is 0.119. The first-order valence-corrected chi connectivity index (χ1v) is 7.15. The van der Waals surface area contributed by atoms with Crippen molar-refractivity contribution in [2.75, 3.05) is 13.2 Å². The van der Waals surface area contributed by atoms with E-state index in [0.29, 0.717) is 25.8 Å². The molecule has 6 heteroatoms. The lowest BCUT2D eigenvalue weighted by Crippen LogP contribution is -2.21. The molecule has 0 aliphatic carbocycles. The molecule has 0 fully saturated rings. The Balaban J connectivity index is 2.68. The Morgan fingerprint density at radius 2 is 1.95 bits per heavy atom. The molecule has 1 N–H and O–H groups in total. The number of nitro benzene ring substituents is 1. The molecular formula is C15H24N2O4. The average Bonchev–Trinajstić information content (AvgIpc) is 2.41. The van der Waals surface area contributed by atoms with Crippen molar-refractivity contribution in [3.05, 3.63) is 33.9 Å². The highest BCUT2D eigenvalue weighted by atomic mass is 16.6.